The standard InChI is InChI=1S/C22H23N3O4/c1-28-20-10-6-5-7-18(20)14-23-21(26)16-29-22(27)12-11-17-13-24-25(15-17)19-8-3-2-4-9-19/h2-10,13,15H,11-12,14,16H2,1H3,(H,23,26). The van der Waals surface area contributed by atoms with Gasteiger partial charge in [-0.05, 0) is 30.2 Å². The second-order valence-corrected chi connectivity index (χ2v) is 6.38. The molecular weight excluding hydrogens is 370 g/mol. The topological polar surface area (TPSA) is 82.4 Å². The van der Waals surface area contributed by atoms with Crippen LogP contribution >= 0.6 is 0 Å². The van der Waals surface area contributed by atoms with Crippen molar-refractivity contribution in [1.82, 2.24) is 15.1 Å². The highest BCUT2D eigenvalue weighted by Gasteiger charge is 2.10. The van der Waals surface area contributed by atoms with E-state index in [4.69, 9.17) is 9.47 Å². The highest BCUT2D eigenvalue weighted by Crippen LogP contribution is 2.16. The molecule has 3 rings (SSSR count). The first-order chi connectivity index (χ1) is 14.2. The highest BCUT2D eigenvalue weighted by atomic mass is 16.5. The van der Waals surface area contributed by atoms with Crippen LogP contribution in [-0.2, 0) is 27.3 Å². The summed E-state index contributed by atoms with van der Waals surface area (Å²) in [6, 6.07) is 17.1. The van der Waals surface area contributed by atoms with Crippen molar-refractivity contribution in [3.63, 3.8) is 0 Å². The summed E-state index contributed by atoms with van der Waals surface area (Å²) in [5.74, 6) is -0.0908. The lowest BCUT2D eigenvalue weighted by Crippen LogP contribution is -2.28. The van der Waals surface area contributed by atoms with Crippen LogP contribution in [0.1, 0.15) is 17.5 Å². The summed E-state index contributed by atoms with van der Waals surface area (Å²) in [5.41, 5.74) is 2.73. The lowest BCUT2D eigenvalue weighted by molar-refractivity contribution is -0.148. The Morgan fingerprint density at radius 2 is 1.83 bits per heavy atom. The highest BCUT2D eigenvalue weighted by molar-refractivity contribution is 5.80. The van der Waals surface area contributed by atoms with Crippen molar-refractivity contribution in [2.75, 3.05) is 13.7 Å². The average Bonchev–Trinajstić information content (AvgIpc) is 3.24. The van der Waals surface area contributed by atoms with Gasteiger partial charge in [-0.25, -0.2) is 4.68 Å². The molecule has 0 saturated heterocycles. The summed E-state index contributed by atoms with van der Waals surface area (Å²) in [4.78, 5) is 23.8. The number of carbonyl (C=O) groups excluding carboxylic acids is 2. The molecule has 7 nitrogen and oxygen atoms in total. The summed E-state index contributed by atoms with van der Waals surface area (Å²) in [6.07, 6.45) is 4.28. The lowest BCUT2D eigenvalue weighted by Gasteiger charge is -2.09. The lowest BCUT2D eigenvalue weighted by atomic mass is 10.2. The van der Waals surface area contributed by atoms with E-state index < -0.39 is 5.97 Å². The van der Waals surface area contributed by atoms with E-state index in [2.05, 4.69) is 10.4 Å². The molecule has 1 aromatic heterocycles. The number of carbonyl (C=O) groups is 2. The number of esters is 1. The molecule has 3 aromatic rings. The van der Waals surface area contributed by atoms with Crippen molar-refractivity contribution in [2.24, 2.45) is 0 Å². The molecule has 0 bridgehead atoms. The van der Waals surface area contributed by atoms with Crippen LogP contribution in [0.3, 0.4) is 0 Å². The molecule has 0 spiro atoms. The first-order valence-corrected chi connectivity index (χ1v) is 9.29. The SMILES string of the molecule is COc1ccccc1CNC(=O)COC(=O)CCc1cnn(-c2ccccc2)c1. The van der Waals surface area contributed by atoms with Crippen LogP contribution in [0, 0.1) is 0 Å². The van der Waals surface area contributed by atoms with Gasteiger partial charge >= 0.3 is 5.97 Å². The fourth-order valence-electron chi connectivity index (χ4n) is 2.77. The van der Waals surface area contributed by atoms with Gasteiger partial charge in [-0.2, -0.15) is 5.10 Å². The zero-order valence-electron chi connectivity index (χ0n) is 16.2. The second kappa shape index (κ2) is 10.1. The van der Waals surface area contributed by atoms with Gasteiger partial charge in [-0.15, -0.1) is 0 Å². The number of hydrogen-bond donors (Lipinski definition) is 1. The van der Waals surface area contributed by atoms with Crippen molar-refractivity contribution < 1.29 is 19.1 Å². The predicted octanol–water partition coefficient (Wildman–Crippen LogP) is 2.67. The Kier molecular flexibility index (Phi) is 7.00. The van der Waals surface area contributed by atoms with Gasteiger partial charge in [0, 0.05) is 24.7 Å². The fourth-order valence-corrected chi connectivity index (χ4v) is 2.77. The number of rotatable bonds is 9. The van der Waals surface area contributed by atoms with Crippen molar-refractivity contribution in [3.05, 3.63) is 78.1 Å². The second-order valence-electron chi connectivity index (χ2n) is 6.38. The number of aromatic nitrogens is 2. The van der Waals surface area contributed by atoms with Gasteiger partial charge in [-0.1, -0.05) is 36.4 Å². The van der Waals surface area contributed by atoms with Crippen LogP contribution in [0.2, 0.25) is 0 Å². The van der Waals surface area contributed by atoms with Crippen LogP contribution < -0.4 is 10.1 Å². The van der Waals surface area contributed by atoms with Gasteiger partial charge in [-0.3, -0.25) is 9.59 Å². The summed E-state index contributed by atoms with van der Waals surface area (Å²) in [6.45, 7) is -0.00364. The monoisotopic (exact) mass is 393 g/mol. The fraction of sp³-hybridized carbons (Fsp3) is 0.227. The van der Waals surface area contributed by atoms with Gasteiger partial charge in [0.1, 0.15) is 5.75 Å². The number of methoxy groups -OCH3 is 1. The normalized spacial score (nSPS) is 10.4. The summed E-state index contributed by atoms with van der Waals surface area (Å²) >= 11 is 0. The minimum atomic E-state index is -0.426. The third-order valence-electron chi connectivity index (χ3n) is 4.31. The molecule has 0 fully saturated rings. The van der Waals surface area contributed by atoms with Gasteiger partial charge in [0.05, 0.1) is 19.0 Å². The van der Waals surface area contributed by atoms with E-state index in [9.17, 15) is 9.59 Å². The van der Waals surface area contributed by atoms with E-state index in [1.54, 1.807) is 18.0 Å². The molecule has 0 radical (unpaired) electrons. The molecule has 0 saturated carbocycles. The average molecular weight is 393 g/mol. The third kappa shape index (κ3) is 5.93. The van der Waals surface area contributed by atoms with Crippen LogP contribution in [0.15, 0.2) is 67.0 Å². The Bertz CT molecular complexity index is 953. The molecule has 1 N–H and O–H groups in total. The van der Waals surface area contributed by atoms with Crippen LogP contribution in [0.4, 0.5) is 0 Å². The molecule has 0 aliphatic carbocycles. The Balaban J connectivity index is 1.39. The number of hydrogen-bond acceptors (Lipinski definition) is 5. The number of nitrogens with one attached hydrogen (secondary N) is 1. The Morgan fingerprint density at radius 3 is 2.62 bits per heavy atom. The Morgan fingerprint density at radius 1 is 1.07 bits per heavy atom. The number of nitrogens with zero attached hydrogens (tertiary/aromatic N) is 2. The van der Waals surface area contributed by atoms with E-state index in [0.29, 0.717) is 18.7 Å². The molecule has 150 valence electrons. The Hall–Kier alpha value is -3.61. The molecule has 2 aromatic carbocycles. The zero-order valence-corrected chi connectivity index (χ0v) is 16.2. The van der Waals surface area contributed by atoms with Crippen molar-refractivity contribution in [3.8, 4) is 11.4 Å². The Labute approximate surface area is 169 Å². The molecule has 0 unspecified atom stereocenters. The minimum absolute atomic E-state index is 0.181. The number of ether oxygens (including phenoxy) is 2. The molecular formula is C22H23N3O4. The molecule has 0 atom stereocenters. The summed E-state index contributed by atoms with van der Waals surface area (Å²) < 4.78 is 12.0. The van der Waals surface area contributed by atoms with Crippen LogP contribution in [0.25, 0.3) is 5.69 Å². The molecule has 0 aliphatic heterocycles. The first-order valence-electron chi connectivity index (χ1n) is 9.29. The quantitative estimate of drug-likeness (QED) is 0.565. The maximum atomic E-state index is 11.9. The van der Waals surface area contributed by atoms with Gasteiger partial charge in [0.15, 0.2) is 6.61 Å². The third-order valence-corrected chi connectivity index (χ3v) is 4.31. The van der Waals surface area contributed by atoms with Crippen LogP contribution in [-0.4, -0.2) is 35.4 Å². The van der Waals surface area contributed by atoms with Crippen molar-refractivity contribution in [1.29, 1.82) is 0 Å². The largest absolute Gasteiger partial charge is 0.496 e. The van der Waals surface area contributed by atoms with E-state index >= 15 is 0 Å². The van der Waals surface area contributed by atoms with E-state index in [1.807, 2.05) is 60.8 Å². The molecule has 7 heteroatoms. The maximum Gasteiger partial charge on any atom is 0.306 e. The van der Waals surface area contributed by atoms with Crippen molar-refractivity contribution >= 4 is 11.9 Å². The van der Waals surface area contributed by atoms with Gasteiger partial charge in [0.2, 0.25) is 0 Å². The maximum absolute atomic E-state index is 11.9. The number of amides is 1. The molecule has 1 heterocycles. The number of aryl methyl sites for hydroxylation is 1. The van der Waals surface area contributed by atoms with E-state index in [0.717, 1.165) is 16.8 Å². The van der Waals surface area contributed by atoms with Crippen LogP contribution in [0.5, 0.6) is 5.75 Å². The zero-order chi connectivity index (χ0) is 20.5. The number of para-hydroxylation sites is 2. The molecule has 0 aliphatic rings. The first kappa shape index (κ1) is 20.1. The van der Waals surface area contributed by atoms with E-state index in [1.165, 1.54) is 0 Å². The molecule has 1 amide bonds. The summed E-state index contributed by atoms with van der Waals surface area (Å²) in [7, 11) is 1.58. The van der Waals surface area contributed by atoms with Gasteiger partial charge in [0.25, 0.3) is 5.91 Å². The predicted molar refractivity (Wildman–Crippen MR) is 108 cm³/mol. The smallest absolute Gasteiger partial charge is 0.306 e. The van der Waals surface area contributed by atoms with E-state index in [-0.39, 0.29) is 18.9 Å². The minimum Gasteiger partial charge on any atom is -0.496 e. The van der Waals surface area contributed by atoms with Crippen molar-refractivity contribution in [2.45, 2.75) is 19.4 Å². The number of benzene rings is 2. The van der Waals surface area contributed by atoms with Gasteiger partial charge < -0.3 is 14.8 Å². The summed E-state index contributed by atoms with van der Waals surface area (Å²) in [5, 5.41) is 7.01. The molecule has 29 heavy (non-hydrogen) atoms.